The Balaban J connectivity index is 0.000000659. The minimum absolute atomic E-state index is 0.556. The Hall–Kier alpha value is 1.21. The maximum atomic E-state index is 4.96. The molecule has 0 saturated heterocycles. The average molecular weight is 449 g/mol. The van der Waals surface area contributed by atoms with E-state index < -0.39 is 17.0 Å². The number of hydrogen-bond donors (Lipinski definition) is 0. The quantitative estimate of drug-likeness (QED) is 0.398. The summed E-state index contributed by atoms with van der Waals surface area (Å²) in [5.41, 5.74) is 0. The topological polar surface area (TPSA) is 28.2 Å². The van der Waals surface area contributed by atoms with E-state index in [-0.39, 0.29) is 0 Å². The van der Waals surface area contributed by atoms with Gasteiger partial charge in [-0.3, -0.25) is 0 Å². The van der Waals surface area contributed by atoms with Gasteiger partial charge >= 0.3 is 35.6 Å². The van der Waals surface area contributed by atoms with Gasteiger partial charge in [0, 0.05) is 0 Å². The van der Waals surface area contributed by atoms with Crippen molar-refractivity contribution in [1.29, 1.82) is 0 Å². The van der Waals surface area contributed by atoms with Crippen molar-refractivity contribution < 1.29 is 17.0 Å². The zero-order valence-electron chi connectivity index (χ0n) is 17.3. The van der Waals surface area contributed by atoms with Crippen LogP contribution in [0.5, 0.6) is 0 Å². The van der Waals surface area contributed by atoms with Crippen molar-refractivity contribution in [2.24, 2.45) is 35.5 Å². The summed E-state index contributed by atoms with van der Waals surface area (Å²) in [6.07, 6.45) is 17.6. The van der Waals surface area contributed by atoms with Crippen LogP contribution in [0.1, 0.15) is 77.0 Å². The molecule has 0 aromatic carbocycles. The van der Waals surface area contributed by atoms with Crippen LogP contribution < -0.4 is 0 Å². The molecule has 8 atom stereocenters. The Morgan fingerprint density at radius 1 is 0.593 bits per heavy atom. The fraction of sp³-hybridized carbons (Fsp3) is 1.00. The van der Waals surface area contributed by atoms with E-state index >= 15 is 0 Å². The van der Waals surface area contributed by atoms with Gasteiger partial charge in [0.25, 0.3) is 0 Å². The third-order valence-corrected chi connectivity index (χ3v) is 8.59. The number of halogens is 2. The average Bonchev–Trinajstić information content (AvgIpc) is 2.72. The van der Waals surface area contributed by atoms with E-state index in [9.17, 15) is 0 Å². The van der Waals surface area contributed by atoms with Crippen LogP contribution in [-0.2, 0) is 17.0 Å². The zero-order valence-corrected chi connectivity index (χ0v) is 20.3. The van der Waals surface area contributed by atoms with E-state index in [1.807, 2.05) is 0 Å². The first-order chi connectivity index (χ1) is 13.2. The summed E-state index contributed by atoms with van der Waals surface area (Å²) in [7, 11) is 14.0. The zero-order chi connectivity index (χ0) is 19.2. The van der Waals surface area contributed by atoms with Gasteiger partial charge in [-0.1, -0.05) is 76.0 Å². The monoisotopic (exact) mass is 448 g/mol. The summed E-state index contributed by atoms with van der Waals surface area (Å²) < 4.78 is 0. The number of nitrogens with zero attached hydrogens (tertiary/aromatic N) is 2. The number of hydrogen-bond acceptors (Lipinski definition) is 0. The Bertz CT molecular complexity index is 401. The van der Waals surface area contributed by atoms with Gasteiger partial charge in [-0.2, -0.15) is 14.1 Å². The first kappa shape index (κ1) is 22.9. The van der Waals surface area contributed by atoms with E-state index in [1.54, 1.807) is 0 Å². The fourth-order valence-electron chi connectivity index (χ4n) is 7.61. The molecule has 0 radical (unpaired) electrons. The predicted molar refractivity (Wildman–Crippen MR) is 114 cm³/mol. The van der Waals surface area contributed by atoms with Crippen LogP contribution in [0, 0.1) is 35.5 Å². The van der Waals surface area contributed by atoms with E-state index in [0.717, 1.165) is 35.5 Å². The van der Waals surface area contributed by atoms with Crippen LogP contribution in [0.3, 0.4) is 0 Å². The van der Waals surface area contributed by atoms with Crippen molar-refractivity contribution in [3.8, 4) is 0 Å². The molecule has 4 fully saturated rings. The van der Waals surface area contributed by atoms with Crippen molar-refractivity contribution in [2.45, 2.75) is 89.1 Å². The molecule has 2 nitrogen and oxygen atoms in total. The van der Waals surface area contributed by atoms with Crippen molar-refractivity contribution in [3.63, 3.8) is 0 Å². The first-order valence-electron chi connectivity index (χ1n) is 11.4. The number of rotatable bonds is 3. The Kier molecular flexibility index (Phi) is 9.80. The molecule has 0 aliphatic heterocycles. The molecule has 0 aromatic rings. The van der Waals surface area contributed by atoms with E-state index in [1.165, 1.54) is 77.0 Å². The van der Waals surface area contributed by atoms with Gasteiger partial charge in [0.15, 0.2) is 0 Å². The van der Waals surface area contributed by atoms with Crippen molar-refractivity contribution in [3.05, 3.63) is 10.6 Å². The molecule has 4 aliphatic rings. The Labute approximate surface area is 184 Å². The molecular weight excluding hydrogens is 411 g/mol. The molecule has 4 saturated carbocycles. The second kappa shape index (κ2) is 11.6. The molecule has 5 heteroatoms. The summed E-state index contributed by atoms with van der Waals surface area (Å²) in [5.74, 6) is 5.68. The molecule has 0 amide bonds. The van der Waals surface area contributed by atoms with Crippen molar-refractivity contribution >= 4 is 18.6 Å². The third kappa shape index (κ3) is 5.29. The summed E-state index contributed by atoms with van der Waals surface area (Å²) in [6.45, 7) is 0. The molecule has 0 bridgehead atoms. The second-order valence-corrected chi connectivity index (χ2v) is 12.0. The summed E-state index contributed by atoms with van der Waals surface area (Å²) >= 11 is -0.556. The SMILES string of the molecule is C[N-]C1CCC2CCCCC2C1C1C([N-]C)CCC2CCCCC21.[Cl][Ti][Cl]. The molecule has 0 spiro atoms. The molecular formula is C22H38Cl2N2Ti-2. The van der Waals surface area contributed by atoms with E-state index in [4.69, 9.17) is 29.2 Å². The van der Waals surface area contributed by atoms with Gasteiger partial charge in [-0.25, -0.2) is 0 Å². The van der Waals surface area contributed by atoms with E-state index in [2.05, 4.69) is 14.1 Å². The van der Waals surface area contributed by atoms with Crippen LogP contribution >= 0.6 is 18.6 Å². The Morgan fingerprint density at radius 3 is 1.33 bits per heavy atom. The van der Waals surface area contributed by atoms with Gasteiger partial charge in [0.2, 0.25) is 0 Å². The van der Waals surface area contributed by atoms with E-state index in [0.29, 0.717) is 12.1 Å². The van der Waals surface area contributed by atoms with Crippen LogP contribution in [-0.4, -0.2) is 26.2 Å². The Morgan fingerprint density at radius 2 is 0.963 bits per heavy atom. The van der Waals surface area contributed by atoms with Gasteiger partial charge in [0.05, 0.1) is 0 Å². The van der Waals surface area contributed by atoms with Gasteiger partial charge < -0.3 is 10.6 Å². The molecule has 0 heterocycles. The van der Waals surface area contributed by atoms with Crippen LogP contribution in [0.4, 0.5) is 0 Å². The minimum atomic E-state index is -0.556. The second-order valence-electron chi connectivity index (χ2n) is 9.45. The van der Waals surface area contributed by atoms with Gasteiger partial charge in [-0.15, -0.1) is 12.1 Å². The summed E-state index contributed by atoms with van der Waals surface area (Å²) in [4.78, 5) is 0. The third-order valence-electron chi connectivity index (χ3n) is 8.59. The molecule has 0 N–H and O–H groups in total. The maximum absolute atomic E-state index is 4.96. The van der Waals surface area contributed by atoms with Crippen LogP contribution in [0.25, 0.3) is 10.6 Å². The summed E-state index contributed by atoms with van der Waals surface area (Å²) in [6, 6.07) is 1.28. The molecule has 8 unspecified atom stereocenters. The normalized spacial score (nSPS) is 44.3. The van der Waals surface area contributed by atoms with Crippen molar-refractivity contribution in [1.82, 2.24) is 0 Å². The standard InChI is InChI=1S/C22H38N2.2ClH.Ti/c1-23-19-13-11-15-7-3-5-9-17(15)21(19)22-18-10-6-4-8-16(18)12-14-20(22)24-2;;;/h15-22H,3-14H2,1-2H3;2*1H;/q-2;;;+2/p-2. The van der Waals surface area contributed by atoms with Crippen LogP contribution in [0.15, 0.2) is 0 Å². The molecule has 156 valence electrons. The summed E-state index contributed by atoms with van der Waals surface area (Å²) in [5, 5.41) is 9.92. The first-order valence-corrected chi connectivity index (χ1v) is 15.7. The van der Waals surface area contributed by atoms with Gasteiger partial charge in [-0.05, 0) is 36.5 Å². The number of fused-ring (bicyclic) bond motifs is 2. The van der Waals surface area contributed by atoms with Crippen molar-refractivity contribution in [2.75, 3.05) is 14.1 Å². The predicted octanol–water partition coefficient (Wildman–Crippen LogP) is 7.54. The van der Waals surface area contributed by atoms with Crippen LogP contribution in [0.2, 0.25) is 0 Å². The fourth-order valence-corrected chi connectivity index (χ4v) is 7.61. The molecule has 27 heavy (non-hydrogen) atoms. The molecule has 0 aromatic heterocycles. The van der Waals surface area contributed by atoms with Gasteiger partial charge in [0.1, 0.15) is 0 Å². The molecule has 4 aliphatic carbocycles. The molecule has 4 rings (SSSR count).